The van der Waals surface area contributed by atoms with Crippen LogP contribution in [0.4, 0.5) is 0 Å². The van der Waals surface area contributed by atoms with Crippen molar-refractivity contribution in [2.75, 3.05) is 19.8 Å². The van der Waals surface area contributed by atoms with Crippen molar-refractivity contribution in [2.45, 2.75) is 117 Å². The van der Waals surface area contributed by atoms with Crippen molar-refractivity contribution in [3.05, 3.63) is 11.6 Å². The lowest BCUT2D eigenvalue weighted by atomic mass is 9.86. The van der Waals surface area contributed by atoms with Crippen molar-refractivity contribution in [3.63, 3.8) is 0 Å². The van der Waals surface area contributed by atoms with Crippen LogP contribution in [-0.2, 0) is 23.7 Å². The van der Waals surface area contributed by atoms with Gasteiger partial charge in [-0.1, -0.05) is 6.08 Å². The number of carbonyl (C=O) groups is 1. The van der Waals surface area contributed by atoms with Crippen LogP contribution in [0.2, 0.25) is 0 Å². The minimum atomic E-state index is -2.10. The van der Waals surface area contributed by atoms with E-state index < -0.39 is 130 Å². The van der Waals surface area contributed by atoms with E-state index in [9.17, 15) is 71.2 Å². The first-order chi connectivity index (χ1) is 20.7. The van der Waals surface area contributed by atoms with Crippen LogP contribution in [0.25, 0.3) is 0 Å². The molecule has 0 amide bonds. The van der Waals surface area contributed by atoms with Crippen molar-refractivity contribution in [2.24, 2.45) is 0 Å². The van der Waals surface area contributed by atoms with Gasteiger partial charge in [0.05, 0.1) is 38.0 Å². The summed E-state index contributed by atoms with van der Waals surface area (Å²) < 4.78 is 22.0. The molecule has 0 spiro atoms. The summed E-state index contributed by atoms with van der Waals surface area (Å²) in [5.41, 5.74) is 0.00900. The number of aliphatic hydroxyl groups is 13. The molecule has 0 aromatic rings. The molecule has 0 saturated carbocycles. The summed E-state index contributed by atoms with van der Waals surface area (Å²) in [7, 11) is 0. The molecule has 2 saturated heterocycles. The number of nitrogens with one attached hydrogen (secondary N) is 1. The number of aldehydes is 1. The SMILES string of the molecule is C[C@@H]1O[C@H](O[C@H]2[C@@H](O)[C@@H](O)[C@@H](O[C@@H]([C@H](O)[C@H](O)C=O)[C@H](O)CO)O[C@H]2CO)[C@H](O)[C@H](O)[C@@H]1N[C@@H]1C=C(CO)[C@H](O)[C@@H](O)[C@H]1O. The fourth-order valence-electron chi connectivity index (χ4n) is 5.36. The number of aliphatic hydroxyl groups excluding tert-OH is 13. The van der Waals surface area contributed by atoms with E-state index in [-0.39, 0.29) is 11.9 Å². The van der Waals surface area contributed by atoms with E-state index in [1.807, 2.05) is 0 Å². The van der Waals surface area contributed by atoms with Crippen molar-refractivity contribution in [1.82, 2.24) is 5.32 Å². The van der Waals surface area contributed by atoms with Crippen molar-refractivity contribution in [3.8, 4) is 0 Å². The summed E-state index contributed by atoms with van der Waals surface area (Å²) in [4.78, 5) is 10.9. The topological polar surface area (TPSA) is 329 Å². The fourth-order valence-corrected chi connectivity index (χ4v) is 5.36. The molecule has 2 aliphatic heterocycles. The summed E-state index contributed by atoms with van der Waals surface area (Å²) in [6.07, 6.45) is -26.8. The zero-order chi connectivity index (χ0) is 33.0. The summed E-state index contributed by atoms with van der Waals surface area (Å²) in [6.45, 7) is -1.08. The lowest BCUT2D eigenvalue weighted by molar-refractivity contribution is -0.361. The second-order valence-corrected chi connectivity index (χ2v) is 11.0. The third kappa shape index (κ3) is 7.79. The van der Waals surface area contributed by atoms with Crippen molar-refractivity contribution in [1.29, 1.82) is 0 Å². The highest BCUT2D eigenvalue weighted by molar-refractivity contribution is 5.56. The van der Waals surface area contributed by atoms with Gasteiger partial charge in [0.15, 0.2) is 18.9 Å². The van der Waals surface area contributed by atoms with Crippen LogP contribution in [0, 0.1) is 0 Å². The molecule has 0 aromatic heterocycles. The van der Waals surface area contributed by atoms with E-state index in [1.54, 1.807) is 0 Å². The standard InChI is InChI=1S/C25H43NO18/c1-7-13(26-9-2-8(3-27)14(33)18(37)15(9)34)17(36)20(39)24(41-7)44-23-12(6-30)42-25(21(40)19(23)38)43-22(11(32)5-29)16(35)10(31)4-28/h2,4,7,9-27,29-40H,3,5-6H2,1H3/t7-,9+,10+,11+,12-,13+,14-,15-,16+,17+,18+,19-,20+,21+,22+,23+,24+,25+/m0/s1. The Morgan fingerprint density at radius 1 is 0.886 bits per heavy atom. The molecule has 3 aliphatic rings. The molecule has 1 aliphatic carbocycles. The summed E-state index contributed by atoms with van der Waals surface area (Å²) in [6, 6.07) is -2.21. The third-order valence-corrected chi connectivity index (χ3v) is 8.03. The summed E-state index contributed by atoms with van der Waals surface area (Å²) >= 11 is 0. The van der Waals surface area contributed by atoms with Gasteiger partial charge in [0.2, 0.25) is 0 Å². The van der Waals surface area contributed by atoms with Gasteiger partial charge in [-0.25, -0.2) is 0 Å². The van der Waals surface area contributed by atoms with Crippen LogP contribution >= 0.6 is 0 Å². The van der Waals surface area contributed by atoms with E-state index in [0.717, 1.165) is 0 Å². The molecule has 2 fully saturated rings. The molecule has 2 heterocycles. The molecule has 0 unspecified atom stereocenters. The van der Waals surface area contributed by atoms with Crippen LogP contribution in [-0.4, -0.2) is 203 Å². The van der Waals surface area contributed by atoms with Crippen LogP contribution in [0.3, 0.4) is 0 Å². The van der Waals surface area contributed by atoms with E-state index in [4.69, 9.17) is 18.9 Å². The van der Waals surface area contributed by atoms with Gasteiger partial charge in [-0.05, 0) is 12.5 Å². The normalized spacial score (nSPS) is 44.4. The second kappa shape index (κ2) is 16.0. The Kier molecular flexibility index (Phi) is 13.5. The van der Waals surface area contributed by atoms with E-state index in [0.29, 0.717) is 0 Å². The monoisotopic (exact) mass is 645 g/mol. The van der Waals surface area contributed by atoms with Crippen LogP contribution in [0.15, 0.2) is 11.6 Å². The molecular weight excluding hydrogens is 602 g/mol. The minimum Gasteiger partial charge on any atom is -0.394 e. The third-order valence-electron chi connectivity index (χ3n) is 8.03. The van der Waals surface area contributed by atoms with Gasteiger partial charge in [0.25, 0.3) is 0 Å². The number of hydrogen-bond acceptors (Lipinski definition) is 19. The zero-order valence-electron chi connectivity index (χ0n) is 23.5. The summed E-state index contributed by atoms with van der Waals surface area (Å²) in [5.74, 6) is 0. The molecule has 19 nitrogen and oxygen atoms in total. The van der Waals surface area contributed by atoms with Crippen molar-refractivity contribution >= 4 is 6.29 Å². The molecule has 19 heteroatoms. The predicted octanol–water partition coefficient (Wildman–Crippen LogP) is -8.72. The van der Waals surface area contributed by atoms with Gasteiger partial charge in [-0.3, -0.25) is 0 Å². The van der Waals surface area contributed by atoms with E-state index >= 15 is 0 Å². The first-order valence-electron chi connectivity index (χ1n) is 13.9. The molecule has 18 atom stereocenters. The number of carbonyl (C=O) groups excluding carboxylic acids is 1. The largest absolute Gasteiger partial charge is 0.394 e. The highest BCUT2D eigenvalue weighted by atomic mass is 16.7. The quantitative estimate of drug-likeness (QED) is 0.0653. The molecule has 0 radical (unpaired) electrons. The summed E-state index contributed by atoms with van der Waals surface area (Å²) in [5, 5.41) is 135. The Bertz CT molecular complexity index is 943. The Hall–Kier alpha value is -1.31. The maximum atomic E-state index is 10.9. The van der Waals surface area contributed by atoms with E-state index in [2.05, 4.69) is 5.32 Å². The molecule has 44 heavy (non-hydrogen) atoms. The maximum absolute atomic E-state index is 10.9. The Balaban J connectivity index is 1.71. The molecule has 0 aromatic carbocycles. The predicted molar refractivity (Wildman–Crippen MR) is 139 cm³/mol. The minimum absolute atomic E-state index is 0.00900. The average Bonchev–Trinajstić information content (AvgIpc) is 3.02. The highest BCUT2D eigenvalue weighted by Crippen LogP contribution is 2.31. The van der Waals surface area contributed by atoms with Crippen LogP contribution < -0.4 is 5.32 Å². The molecule has 3 rings (SSSR count). The lowest BCUT2D eigenvalue weighted by Gasteiger charge is -2.48. The van der Waals surface area contributed by atoms with Gasteiger partial charge >= 0.3 is 0 Å². The lowest BCUT2D eigenvalue weighted by Crippen LogP contribution is -2.68. The number of hydrogen-bond donors (Lipinski definition) is 14. The van der Waals surface area contributed by atoms with Gasteiger partial charge in [0, 0.05) is 0 Å². The fraction of sp³-hybridized carbons (Fsp3) is 0.880. The Morgan fingerprint density at radius 2 is 1.52 bits per heavy atom. The van der Waals surface area contributed by atoms with E-state index in [1.165, 1.54) is 13.0 Å². The number of rotatable bonds is 13. The smallest absolute Gasteiger partial charge is 0.187 e. The average molecular weight is 646 g/mol. The molecule has 256 valence electrons. The van der Waals surface area contributed by atoms with Gasteiger partial charge < -0.3 is 95.4 Å². The van der Waals surface area contributed by atoms with Gasteiger partial charge in [-0.15, -0.1) is 0 Å². The van der Waals surface area contributed by atoms with Crippen molar-refractivity contribution < 1.29 is 90.1 Å². The number of ether oxygens (including phenoxy) is 4. The Morgan fingerprint density at radius 3 is 2.09 bits per heavy atom. The first kappa shape index (κ1) is 37.2. The molecular formula is C25H43NO18. The molecule has 14 N–H and O–H groups in total. The zero-order valence-corrected chi connectivity index (χ0v) is 23.5. The van der Waals surface area contributed by atoms with Gasteiger partial charge in [0.1, 0.15) is 79.4 Å². The first-order valence-corrected chi connectivity index (χ1v) is 13.9. The Labute approximate surface area is 250 Å². The second-order valence-electron chi connectivity index (χ2n) is 11.0. The van der Waals surface area contributed by atoms with Crippen LogP contribution in [0.1, 0.15) is 6.92 Å². The highest BCUT2D eigenvalue weighted by Gasteiger charge is 2.52. The van der Waals surface area contributed by atoms with Crippen LogP contribution in [0.5, 0.6) is 0 Å². The molecule has 0 bridgehead atoms. The van der Waals surface area contributed by atoms with Gasteiger partial charge in [-0.2, -0.15) is 0 Å². The maximum Gasteiger partial charge on any atom is 0.187 e.